The number of amides is 2. The van der Waals surface area contributed by atoms with E-state index in [9.17, 15) is 4.79 Å². The average molecular weight is 294 g/mol. The Kier molecular flexibility index (Phi) is 5.59. The minimum absolute atomic E-state index is 0.0515. The van der Waals surface area contributed by atoms with Crippen LogP contribution in [0.3, 0.4) is 0 Å². The molecule has 1 saturated heterocycles. The standard InChI is InChI=1S/C15H26N4O2/c1-11(2)14-17-13(21-18-14)8-6-9-16-15(20)19-10-5-4-7-12(19)3/h11-12H,4-10H2,1-3H3,(H,16,20). The Hall–Kier alpha value is -1.59. The number of carbonyl (C=O) groups excluding carboxylic acids is 1. The molecule has 0 aromatic carbocycles. The number of nitrogens with one attached hydrogen (secondary N) is 1. The van der Waals surface area contributed by atoms with E-state index in [0.29, 0.717) is 24.9 Å². The minimum Gasteiger partial charge on any atom is -0.339 e. The van der Waals surface area contributed by atoms with Crippen molar-refractivity contribution in [2.24, 2.45) is 0 Å². The van der Waals surface area contributed by atoms with E-state index in [1.807, 2.05) is 18.7 Å². The number of aromatic nitrogens is 2. The lowest BCUT2D eigenvalue weighted by Crippen LogP contribution is -2.47. The lowest BCUT2D eigenvalue weighted by atomic mass is 10.0. The van der Waals surface area contributed by atoms with Gasteiger partial charge in [-0.15, -0.1) is 0 Å². The molecular weight excluding hydrogens is 268 g/mol. The van der Waals surface area contributed by atoms with Crippen molar-refractivity contribution in [3.05, 3.63) is 11.7 Å². The van der Waals surface area contributed by atoms with Crippen molar-refractivity contribution in [1.82, 2.24) is 20.4 Å². The van der Waals surface area contributed by atoms with Crippen LogP contribution in [0, 0.1) is 0 Å². The summed E-state index contributed by atoms with van der Waals surface area (Å²) in [4.78, 5) is 18.3. The molecule has 0 aliphatic carbocycles. The molecule has 6 heteroatoms. The molecule has 0 saturated carbocycles. The van der Waals surface area contributed by atoms with Crippen molar-refractivity contribution < 1.29 is 9.32 Å². The number of urea groups is 1. The SMILES string of the molecule is CC(C)c1noc(CCCNC(=O)N2CCCCC2C)n1. The maximum absolute atomic E-state index is 12.1. The second kappa shape index (κ2) is 7.43. The van der Waals surface area contributed by atoms with Gasteiger partial charge >= 0.3 is 6.03 Å². The Morgan fingerprint density at radius 1 is 1.48 bits per heavy atom. The lowest BCUT2D eigenvalue weighted by molar-refractivity contribution is 0.158. The minimum atomic E-state index is 0.0515. The Labute approximate surface area is 126 Å². The molecule has 0 bridgehead atoms. The fraction of sp³-hybridized carbons (Fsp3) is 0.800. The van der Waals surface area contributed by atoms with Gasteiger partial charge in [-0.05, 0) is 32.6 Å². The molecule has 1 fully saturated rings. The monoisotopic (exact) mass is 294 g/mol. The molecule has 0 radical (unpaired) electrons. The van der Waals surface area contributed by atoms with Crippen molar-refractivity contribution in [3.8, 4) is 0 Å². The molecule has 1 aliphatic rings. The summed E-state index contributed by atoms with van der Waals surface area (Å²) >= 11 is 0. The van der Waals surface area contributed by atoms with Crippen LogP contribution in [0.1, 0.15) is 64.1 Å². The molecule has 0 spiro atoms. The van der Waals surface area contributed by atoms with Gasteiger partial charge in [0, 0.05) is 31.5 Å². The number of likely N-dealkylation sites (tertiary alicyclic amines) is 1. The van der Waals surface area contributed by atoms with E-state index >= 15 is 0 Å². The number of hydrogen-bond acceptors (Lipinski definition) is 4. The smallest absolute Gasteiger partial charge is 0.317 e. The first kappa shape index (κ1) is 15.8. The van der Waals surface area contributed by atoms with Crippen LogP contribution >= 0.6 is 0 Å². The zero-order valence-corrected chi connectivity index (χ0v) is 13.3. The van der Waals surface area contributed by atoms with Gasteiger partial charge in [-0.1, -0.05) is 19.0 Å². The molecule has 1 N–H and O–H groups in total. The van der Waals surface area contributed by atoms with Crippen molar-refractivity contribution >= 4 is 6.03 Å². The Morgan fingerprint density at radius 2 is 2.29 bits per heavy atom. The predicted octanol–water partition coefficient (Wildman–Crippen LogP) is 2.71. The molecular formula is C15H26N4O2. The van der Waals surface area contributed by atoms with Crippen molar-refractivity contribution in [2.45, 2.75) is 64.8 Å². The quantitative estimate of drug-likeness (QED) is 0.848. The third kappa shape index (κ3) is 4.44. The zero-order valence-electron chi connectivity index (χ0n) is 13.3. The third-order valence-electron chi connectivity index (χ3n) is 3.91. The highest BCUT2D eigenvalue weighted by Crippen LogP contribution is 2.16. The first-order chi connectivity index (χ1) is 10.1. The Morgan fingerprint density at radius 3 is 2.95 bits per heavy atom. The summed E-state index contributed by atoms with van der Waals surface area (Å²) < 4.78 is 5.18. The maximum Gasteiger partial charge on any atom is 0.317 e. The number of nitrogens with zero attached hydrogens (tertiary/aromatic N) is 3. The largest absolute Gasteiger partial charge is 0.339 e. The second-order valence-corrected chi connectivity index (χ2v) is 6.07. The fourth-order valence-electron chi connectivity index (χ4n) is 2.54. The highest BCUT2D eigenvalue weighted by molar-refractivity contribution is 5.74. The van der Waals surface area contributed by atoms with Crippen LogP contribution < -0.4 is 5.32 Å². The molecule has 1 aromatic heterocycles. The molecule has 1 unspecified atom stereocenters. The van der Waals surface area contributed by atoms with Crippen molar-refractivity contribution in [1.29, 1.82) is 0 Å². The molecule has 21 heavy (non-hydrogen) atoms. The number of hydrogen-bond donors (Lipinski definition) is 1. The molecule has 1 aliphatic heterocycles. The number of piperidine rings is 1. The number of aryl methyl sites for hydroxylation is 1. The third-order valence-corrected chi connectivity index (χ3v) is 3.91. The Bertz CT molecular complexity index is 458. The summed E-state index contributed by atoms with van der Waals surface area (Å²) in [5.41, 5.74) is 0. The first-order valence-electron chi connectivity index (χ1n) is 7.95. The highest BCUT2D eigenvalue weighted by Gasteiger charge is 2.22. The van der Waals surface area contributed by atoms with Gasteiger partial charge in [-0.25, -0.2) is 4.79 Å². The van der Waals surface area contributed by atoms with Crippen LogP contribution in [0.15, 0.2) is 4.52 Å². The highest BCUT2D eigenvalue weighted by atomic mass is 16.5. The summed E-state index contributed by atoms with van der Waals surface area (Å²) in [6, 6.07) is 0.402. The van der Waals surface area contributed by atoms with Gasteiger partial charge in [0.05, 0.1) is 0 Å². The van der Waals surface area contributed by atoms with Gasteiger partial charge in [0.2, 0.25) is 5.89 Å². The van der Waals surface area contributed by atoms with Crippen LogP contribution in [0.2, 0.25) is 0 Å². The summed E-state index contributed by atoms with van der Waals surface area (Å²) in [5, 5.41) is 6.91. The number of carbonyl (C=O) groups is 1. The van der Waals surface area contributed by atoms with Gasteiger partial charge in [0.25, 0.3) is 0 Å². The molecule has 118 valence electrons. The first-order valence-corrected chi connectivity index (χ1v) is 7.95. The lowest BCUT2D eigenvalue weighted by Gasteiger charge is -2.33. The summed E-state index contributed by atoms with van der Waals surface area (Å²) in [7, 11) is 0. The second-order valence-electron chi connectivity index (χ2n) is 6.07. The molecule has 6 nitrogen and oxygen atoms in total. The summed E-state index contributed by atoms with van der Waals surface area (Å²) in [6.45, 7) is 7.70. The summed E-state index contributed by atoms with van der Waals surface area (Å²) in [5.74, 6) is 1.68. The van der Waals surface area contributed by atoms with Crippen LogP contribution in [0.5, 0.6) is 0 Å². The van der Waals surface area contributed by atoms with Crippen LogP contribution in [0.25, 0.3) is 0 Å². The zero-order chi connectivity index (χ0) is 15.2. The van der Waals surface area contributed by atoms with Crippen molar-refractivity contribution in [2.75, 3.05) is 13.1 Å². The van der Waals surface area contributed by atoms with E-state index in [1.165, 1.54) is 6.42 Å². The molecule has 1 atom stereocenters. The van der Waals surface area contributed by atoms with Gasteiger partial charge in [0.15, 0.2) is 5.82 Å². The molecule has 2 amide bonds. The van der Waals surface area contributed by atoms with Gasteiger partial charge in [-0.3, -0.25) is 0 Å². The van der Waals surface area contributed by atoms with E-state index in [2.05, 4.69) is 22.4 Å². The normalized spacial score (nSPS) is 19.0. The predicted molar refractivity (Wildman–Crippen MR) is 80.1 cm³/mol. The Balaban J connectivity index is 1.67. The van der Waals surface area contributed by atoms with E-state index in [1.54, 1.807) is 0 Å². The number of rotatable bonds is 5. The molecule has 2 heterocycles. The van der Waals surface area contributed by atoms with Crippen molar-refractivity contribution in [3.63, 3.8) is 0 Å². The fourth-order valence-corrected chi connectivity index (χ4v) is 2.54. The van der Waals surface area contributed by atoms with Gasteiger partial charge in [-0.2, -0.15) is 4.98 Å². The molecule has 1 aromatic rings. The summed E-state index contributed by atoms with van der Waals surface area (Å²) in [6.07, 6.45) is 4.95. The van der Waals surface area contributed by atoms with Crippen LogP contribution in [0.4, 0.5) is 4.79 Å². The van der Waals surface area contributed by atoms with E-state index < -0.39 is 0 Å². The van der Waals surface area contributed by atoms with Crippen LogP contribution in [-0.4, -0.2) is 40.2 Å². The van der Waals surface area contributed by atoms with E-state index in [4.69, 9.17) is 4.52 Å². The average Bonchev–Trinajstić information content (AvgIpc) is 2.93. The molecule has 2 rings (SSSR count). The maximum atomic E-state index is 12.1. The van der Waals surface area contributed by atoms with E-state index in [-0.39, 0.29) is 11.9 Å². The van der Waals surface area contributed by atoms with Gasteiger partial charge in [0.1, 0.15) is 0 Å². The van der Waals surface area contributed by atoms with Gasteiger partial charge < -0.3 is 14.7 Å². The van der Waals surface area contributed by atoms with E-state index in [0.717, 1.165) is 31.6 Å². The van der Waals surface area contributed by atoms with Crippen LogP contribution in [-0.2, 0) is 6.42 Å². The topological polar surface area (TPSA) is 71.3 Å².